The monoisotopic (exact) mass is 347 g/mol. The van der Waals surface area contributed by atoms with E-state index in [4.69, 9.17) is 9.26 Å². The third-order valence-electron chi connectivity index (χ3n) is 4.27. The van der Waals surface area contributed by atoms with Gasteiger partial charge in [-0.3, -0.25) is 9.32 Å². The Kier molecular flexibility index (Phi) is 5.31. The molecule has 0 spiro atoms. The molecule has 7 heteroatoms. The van der Waals surface area contributed by atoms with Crippen molar-refractivity contribution < 1.29 is 18.4 Å². The first-order valence-electron chi connectivity index (χ1n) is 8.47. The van der Waals surface area contributed by atoms with Gasteiger partial charge in [0.25, 0.3) is 5.91 Å². The van der Waals surface area contributed by atoms with Crippen molar-refractivity contribution in [2.75, 3.05) is 19.7 Å². The van der Waals surface area contributed by atoms with E-state index in [-0.39, 0.29) is 24.4 Å². The molecule has 134 valence electrons. The Morgan fingerprint density at radius 2 is 1.96 bits per heavy atom. The summed E-state index contributed by atoms with van der Waals surface area (Å²) >= 11 is 0. The number of likely N-dealkylation sites (tertiary alicyclic amines) is 1. The lowest BCUT2D eigenvalue weighted by atomic mass is 9.92. The van der Waals surface area contributed by atoms with Crippen molar-refractivity contribution in [3.63, 3.8) is 0 Å². The van der Waals surface area contributed by atoms with Crippen molar-refractivity contribution in [1.29, 1.82) is 0 Å². The number of hydrogen-bond donors (Lipinski definition) is 0. The molecule has 0 bridgehead atoms. The van der Waals surface area contributed by atoms with E-state index in [0.717, 1.165) is 25.1 Å². The Labute approximate surface area is 146 Å². The Bertz CT molecular complexity index is 707. The van der Waals surface area contributed by atoms with Crippen LogP contribution in [0.1, 0.15) is 31.7 Å². The minimum Gasteiger partial charge on any atom is -0.439 e. The van der Waals surface area contributed by atoms with Crippen molar-refractivity contribution in [3.05, 3.63) is 41.5 Å². The maximum atomic E-state index is 12.9. The summed E-state index contributed by atoms with van der Waals surface area (Å²) in [7, 11) is 0. The number of rotatable bonds is 5. The van der Waals surface area contributed by atoms with E-state index in [0.29, 0.717) is 24.1 Å². The molecule has 1 aliphatic rings. The normalized spacial score (nSPS) is 20.5. The van der Waals surface area contributed by atoms with E-state index in [1.54, 1.807) is 12.1 Å². The van der Waals surface area contributed by atoms with Crippen molar-refractivity contribution >= 4 is 5.91 Å². The summed E-state index contributed by atoms with van der Waals surface area (Å²) in [5.41, 5.74) is 0.862. The molecule has 2 aromatic rings. The molecule has 25 heavy (non-hydrogen) atoms. The summed E-state index contributed by atoms with van der Waals surface area (Å²) in [6, 6.07) is 6.08. The number of benzene rings is 1. The summed E-state index contributed by atoms with van der Waals surface area (Å²) in [6.07, 6.45) is 1.52. The highest BCUT2D eigenvalue weighted by molar-refractivity contribution is 5.77. The van der Waals surface area contributed by atoms with Crippen molar-refractivity contribution in [2.45, 2.75) is 26.7 Å². The number of nitrogens with zero attached hydrogens (tertiary/aromatic N) is 3. The van der Waals surface area contributed by atoms with Crippen LogP contribution in [0.25, 0.3) is 0 Å². The van der Waals surface area contributed by atoms with Gasteiger partial charge < -0.3 is 9.64 Å². The van der Waals surface area contributed by atoms with Gasteiger partial charge in [-0.2, -0.15) is 4.98 Å². The van der Waals surface area contributed by atoms with Gasteiger partial charge in [0.1, 0.15) is 5.82 Å². The molecular weight excluding hydrogens is 325 g/mol. The number of amides is 1. The smallest absolute Gasteiger partial charge is 0.417 e. The first kappa shape index (κ1) is 17.4. The lowest BCUT2D eigenvalue weighted by Gasteiger charge is -2.34. The third-order valence-corrected chi connectivity index (χ3v) is 4.27. The summed E-state index contributed by atoms with van der Waals surface area (Å²) in [5.74, 6) is 1.06. The summed E-state index contributed by atoms with van der Waals surface area (Å²) in [4.78, 5) is 18.2. The van der Waals surface area contributed by atoms with Crippen LogP contribution in [0, 0.1) is 17.7 Å². The quantitative estimate of drug-likeness (QED) is 0.832. The minimum atomic E-state index is -0.291. The summed E-state index contributed by atoms with van der Waals surface area (Å²) < 4.78 is 23.3. The largest absolute Gasteiger partial charge is 0.439 e. The zero-order valence-electron chi connectivity index (χ0n) is 14.4. The first-order valence-corrected chi connectivity index (χ1v) is 8.47. The zero-order valence-corrected chi connectivity index (χ0v) is 14.4. The molecule has 1 fully saturated rings. The molecule has 1 aromatic heterocycles. The number of aromatic nitrogens is 2. The highest BCUT2D eigenvalue weighted by atomic mass is 19.1. The standard InChI is InChI=1S/C18H22FN3O3/c1-12-7-13(2)10-22(9-12)17(23)11-24-18-20-16(21-25-18)8-14-3-5-15(19)6-4-14/h3-6,12-13H,7-11H2,1-2H3/t12-,13-/m1/s1. The summed E-state index contributed by atoms with van der Waals surface area (Å²) in [5, 5.41) is 3.82. The molecule has 0 saturated carbocycles. The van der Waals surface area contributed by atoms with Gasteiger partial charge in [0, 0.05) is 19.5 Å². The van der Waals surface area contributed by atoms with Gasteiger partial charge in [-0.15, -0.1) is 0 Å². The van der Waals surface area contributed by atoms with Crippen LogP contribution in [0.5, 0.6) is 6.08 Å². The molecule has 1 aromatic carbocycles. The zero-order chi connectivity index (χ0) is 17.8. The number of hydrogen-bond acceptors (Lipinski definition) is 5. The Hall–Kier alpha value is -2.44. The third kappa shape index (κ3) is 4.78. The molecule has 0 N–H and O–H groups in total. The molecule has 0 unspecified atom stereocenters. The molecule has 0 radical (unpaired) electrons. The number of carbonyl (C=O) groups is 1. The van der Waals surface area contributed by atoms with Gasteiger partial charge >= 0.3 is 6.08 Å². The fourth-order valence-electron chi connectivity index (χ4n) is 3.23. The molecule has 1 saturated heterocycles. The van der Waals surface area contributed by atoms with E-state index in [2.05, 4.69) is 24.0 Å². The average molecular weight is 347 g/mol. The summed E-state index contributed by atoms with van der Waals surface area (Å²) in [6.45, 7) is 5.70. The maximum Gasteiger partial charge on any atom is 0.417 e. The molecule has 1 aliphatic heterocycles. The Morgan fingerprint density at radius 1 is 1.28 bits per heavy atom. The van der Waals surface area contributed by atoms with Crippen LogP contribution in [-0.2, 0) is 11.2 Å². The van der Waals surface area contributed by atoms with Gasteiger partial charge in [-0.1, -0.05) is 31.1 Å². The van der Waals surface area contributed by atoms with E-state index in [9.17, 15) is 9.18 Å². The predicted octanol–water partition coefficient (Wildman–Crippen LogP) is 2.68. The topological polar surface area (TPSA) is 68.5 Å². The first-order chi connectivity index (χ1) is 12.0. The highest BCUT2D eigenvalue weighted by Crippen LogP contribution is 2.21. The molecular formula is C18H22FN3O3. The van der Waals surface area contributed by atoms with Crippen LogP contribution < -0.4 is 4.74 Å². The van der Waals surface area contributed by atoms with Crippen LogP contribution in [0.4, 0.5) is 4.39 Å². The van der Waals surface area contributed by atoms with Crippen molar-refractivity contribution in [1.82, 2.24) is 15.0 Å². The Morgan fingerprint density at radius 3 is 2.64 bits per heavy atom. The van der Waals surface area contributed by atoms with Crippen molar-refractivity contribution in [2.24, 2.45) is 11.8 Å². The van der Waals surface area contributed by atoms with Crippen LogP contribution in [0.2, 0.25) is 0 Å². The number of halogens is 1. The van der Waals surface area contributed by atoms with Gasteiger partial charge in [-0.25, -0.2) is 4.39 Å². The van der Waals surface area contributed by atoms with Gasteiger partial charge in [0.15, 0.2) is 12.4 Å². The average Bonchev–Trinajstić information content (AvgIpc) is 3.01. The Balaban J connectivity index is 1.51. The van der Waals surface area contributed by atoms with Crippen molar-refractivity contribution in [3.8, 4) is 6.08 Å². The number of carbonyl (C=O) groups excluding carboxylic acids is 1. The van der Waals surface area contributed by atoms with Gasteiger partial charge in [0.05, 0.1) is 0 Å². The molecule has 3 rings (SSSR count). The van der Waals surface area contributed by atoms with E-state index in [1.165, 1.54) is 12.1 Å². The number of piperidine rings is 1. The second kappa shape index (κ2) is 7.63. The molecule has 6 nitrogen and oxygen atoms in total. The number of ether oxygens (including phenoxy) is 1. The van der Waals surface area contributed by atoms with Crippen LogP contribution >= 0.6 is 0 Å². The SMILES string of the molecule is C[C@@H]1C[C@@H](C)CN(C(=O)COc2nc(Cc3ccc(F)cc3)no2)C1. The van der Waals surface area contributed by atoms with Gasteiger partial charge in [-0.05, 0) is 36.0 Å². The lowest BCUT2D eigenvalue weighted by molar-refractivity contribution is -0.136. The highest BCUT2D eigenvalue weighted by Gasteiger charge is 2.25. The van der Waals surface area contributed by atoms with E-state index < -0.39 is 0 Å². The second-order valence-electron chi connectivity index (χ2n) is 6.81. The van der Waals surface area contributed by atoms with Crippen LogP contribution in [-0.4, -0.2) is 40.6 Å². The van der Waals surface area contributed by atoms with E-state index in [1.807, 2.05) is 4.90 Å². The molecule has 2 atom stereocenters. The predicted molar refractivity (Wildman–Crippen MR) is 88.5 cm³/mol. The lowest BCUT2D eigenvalue weighted by Crippen LogP contribution is -2.44. The molecule has 2 heterocycles. The minimum absolute atomic E-state index is 0.0245. The van der Waals surface area contributed by atoms with E-state index >= 15 is 0 Å². The fourth-order valence-corrected chi connectivity index (χ4v) is 3.23. The van der Waals surface area contributed by atoms with Crippen LogP contribution in [0.15, 0.2) is 28.8 Å². The van der Waals surface area contributed by atoms with Crippen LogP contribution in [0.3, 0.4) is 0 Å². The maximum absolute atomic E-state index is 12.9. The second-order valence-corrected chi connectivity index (χ2v) is 6.81. The fraction of sp³-hybridized carbons (Fsp3) is 0.500. The van der Waals surface area contributed by atoms with Gasteiger partial charge in [0.2, 0.25) is 0 Å². The molecule has 0 aliphatic carbocycles. The molecule has 1 amide bonds.